The van der Waals surface area contributed by atoms with Crippen molar-refractivity contribution in [2.24, 2.45) is 0 Å². The third-order valence-corrected chi connectivity index (χ3v) is 8.45. The van der Waals surface area contributed by atoms with Gasteiger partial charge in [0.1, 0.15) is 0 Å². The van der Waals surface area contributed by atoms with Crippen LogP contribution in [0.4, 0.5) is 10.5 Å². The Labute approximate surface area is 212 Å². The summed E-state index contributed by atoms with van der Waals surface area (Å²) in [5.41, 5.74) is 4.88. The fourth-order valence-electron chi connectivity index (χ4n) is 3.76. The number of pyridine rings is 1. The largest absolute Gasteiger partial charge is 0.451 e. The molecule has 0 aliphatic rings. The molecule has 3 aromatic carbocycles. The van der Waals surface area contributed by atoms with E-state index in [1.807, 2.05) is 18.2 Å². The van der Waals surface area contributed by atoms with Crippen molar-refractivity contribution in [3.8, 4) is 11.3 Å². The molecule has 8 nitrogen and oxygen atoms in total. The maximum atomic E-state index is 13.9. The van der Waals surface area contributed by atoms with E-state index in [2.05, 4.69) is 5.43 Å². The molecular weight excluding hydrogens is 498 g/mol. The van der Waals surface area contributed by atoms with Gasteiger partial charge < -0.3 is 4.74 Å². The van der Waals surface area contributed by atoms with Gasteiger partial charge in [0.2, 0.25) is 8.87 Å². The molecule has 0 saturated heterocycles. The zero-order valence-electron chi connectivity index (χ0n) is 19.5. The van der Waals surface area contributed by atoms with E-state index < -0.39 is 26.6 Å². The smallest absolute Gasteiger partial charge is 0.433 e. The minimum atomic E-state index is -3.64. The van der Waals surface area contributed by atoms with Gasteiger partial charge in [0, 0.05) is 16.5 Å². The number of nitrogens with one attached hydrogen (secondary N) is 1. The molecule has 1 heterocycles. The minimum Gasteiger partial charge on any atom is -0.451 e. The van der Waals surface area contributed by atoms with Gasteiger partial charge >= 0.3 is 6.09 Å². The van der Waals surface area contributed by atoms with Gasteiger partial charge in [-0.15, -0.1) is 0 Å². The van der Waals surface area contributed by atoms with E-state index in [0.29, 0.717) is 38.6 Å². The number of hydrogen-bond donors (Lipinski definition) is 1. The van der Waals surface area contributed by atoms with Gasteiger partial charge in [-0.1, -0.05) is 66.7 Å². The summed E-state index contributed by atoms with van der Waals surface area (Å²) in [5.74, 6) is -1.10. The highest BCUT2D eigenvalue weighted by atomic mass is 33.1. The average molecular weight is 522 g/mol. The number of ether oxygens (including phenoxy) is 1. The topological polar surface area (TPSA) is 106 Å². The highest BCUT2D eigenvalue weighted by molar-refractivity contribution is 8.71. The lowest BCUT2D eigenvalue weighted by Crippen LogP contribution is -2.47. The number of methoxy groups -OCH3 is 1. The maximum absolute atomic E-state index is 13.9. The normalized spacial score (nSPS) is 11.2. The number of carbonyl (C=O) groups is 2. The molecule has 10 heteroatoms. The third-order valence-electron chi connectivity index (χ3n) is 5.43. The lowest BCUT2D eigenvalue weighted by molar-refractivity contribution is 0.0942. The summed E-state index contributed by atoms with van der Waals surface area (Å²) in [5, 5.41) is 1.44. The van der Waals surface area contributed by atoms with Crippen LogP contribution in [0.15, 0.2) is 84.9 Å². The lowest BCUT2D eigenvalue weighted by atomic mass is 9.97. The molecule has 4 aromatic rings. The molecule has 0 radical (unpaired) electrons. The molecule has 36 heavy (non-hydrogen) atoms. The summed E-state index contributed by atoms with van der Waals surface area (Å²) < 4.78 is 30.4. The molecule has 0 atom stereocenters. The van der Waals surface area contributed by atoms with Gasteiger partial charge in [-0.25, -0.2) is 18.2 Å². The van der Waals surface area contributed by atoms with E-state index >= 15 is 0 Å². The summed E-state index contributed by atoms with van der Waals surface area (Å²) >= 11 is 0. The van der Waals surface area contributed by atoms with Crippen molar-refractivity contribution in [1.82, 2.24) is 10.4 Å². The Kier molecular flexibility index (Phi) is 7.56. The van der Waals surface area contributed by atoms with E-state index in [0.717, 1.165) is 5.01 Å². The quantitative estimate of drug-likeness (QED) is 0.281. The van der Waals surface area contributed by atoms with Crippen LogP contribution >= 0.6 is 10.8 Å². The summed E-state index contributed by atoms with van der Waals surface area (Å²) in [7, 11) is -1.73. The fraction of sp³-hybridized carbons (Fsp3) is 0.115. The van der Waals surface area contributed by atoms with Crippen LogP contribution in [0.25, 0.3) is 22.2 Å². The first-order valence-corrected chi connectivity index (χ1v) is 14.2. The number of amides is 2. The van der Waals surface area contributed by atoms with Crippen molar-refractivity contribution in [2.45, 2.75) is 5.75 Å². The van der Waals surface area contributed by atoms with Crippen LogP contribution in [0.2, 0.25) is 0 Å². The van der Waals surface area contributed by atoms with Crippen molar-refractivity contribution >= 4 is 48.3 Å². The van der Waals surface area contributed by atoms with Gasteiger partial charge in [0.05, 0.1) is 35.3 Å². The van der Waals surface area contributed by atoms with E-state index in [4.69, 9.17) is 9.72 Å². The zero-order chi connectivity index (χ0) is 25.7. The first kappa shape index (κ1) is 25.2. The highest BCUT2D eigenvalue weighted by Crippen LogP contribution is 2.33. The summed E-state index contributed by atoms with van der Waals surface area (Å²) in [6.45, 7) is 0. The first-order chi connectivity index (χ1) is 17.3. The summed E-state index contributed by atoms with van der Waals surface area (Å²) in [4.78, 5) is 31.2. The van der Waals surface area contributed by atoms with Crippen LogP contribution in [0.5, 0.6) is 0 Å². The Balaban J connectivity index is 1.95. The van der Waals surface area contributed by atoms with Gasteiger partial charge in [0.15, 0.2) is 0 Å². The van der Waals surface area contributed by atoms with Crippen molar-refractivity contribution in [3.63, 3.8) is 0 Å². The molecule has 1 aromatic heterocycles. The molecule has 1 N–H and O–H groups in total. The number of fused-ring (bicyclic) bond motifs is 1. The van der Waals surface area contributed by atoms with Crippen molar-refractivity contribution < 1.29 is 22.7 Å². The number of aromatic nitrogens is 1. The molecule has 0 spiro atoms. The molecule has 0 bridgehead atoms. The highest BCUT2D eigenvalue weighted by Gasteiger charge is 2.28. The predicted octanol–water partition coefficient (Wildman–Crippen LogP) is 5.01. The molecule has 184 valence electrons. The summed E-state index contributed by atoms with van der Waals surface area (Å²) in [6.07, 6.45) is 0.662. The Morgan fingerprint density at radius 1 is 0.944 bits per heavy atom. The monoisotopic (exact) mass is 521 g/mol. The number of rotatable bonds is 6. The summed E-state index contributed by atoms with van der Waals surface area (Å²) in [6, 6.07) is 24.5. The minimum absolute atomic E-state index is 0.113. The van der Waals surface area contributed by atoms with Gasteiger partial charge in [-0.05, 0) is 35.2 Å². The second kappa shape index (κ2) is 10.8. The predicted molar refractivity (Wildman–Crippen MR) is 142 cm³/mol. The van der Waals surface area contributed by atoms with Gasteiger partial charge in [-0.2, -0.15) is 5.01 Å². The Morgan fingerprint density at radius 2 is 1.56 bits per heavy atom. The average Bonchev–Trinajstić information content (AvgIpc) is 2.91. The standard InChI is InChI=1S/C26H23N3O5S2/c1-34-26(31)29(19-13-7-4-8-14-19)28-25(30)23-20-15-9-10-16-22(20)27-24(18-11-5-3-6-12-18)21(23)17-36(32,33)35-2/h3-16H,17H2,1-2H3,(H,28,30). The van der Waals surface area contributed by atoms with E-state index in [1.165, 1.54) is 13.4 Å². The Bertz CT molecular complexity index is 1510. The molecular formula is C26H23N3O5S2. The molecule has 0 aliphatic carbocycles. The molecule has 0 saturated carbocycles. The van der Waals surface area contributed by atoms with Gasteiger partial charge in [-0.3, -0.25) is 10.2 Å². The molecule has 0 fully saturated rings. The SMILES string of the molecule is COC(=O)N(NC(=O)c1c(CS(=O)(=O)SC)c(-c2ccccc2)nc2ccccc12)c1ccccc1. The molecule has 2 amide bonds. The molecule has 0 unspecified atom stereocenters. The van der Waals surface area contributed by atoms with Crippen molar-refractivity contribution in [3.05, 3.63) is 96.1 Å². The maximum Gasteiger partial charge on any atom is 0.433 e. The van der Waals surface area contributed by atoms with Crippen LogP contribution in [0.1, 0.15) is 15.9 Å². The van der Waals surface area contributed by atoms with Gasteiger partial charge in [0.25, 0.3) is 5.91 Å². The number of carbonyl (C=O) groups excluding carboxylic acids is 2. The number of benzene rings is 3. The Hall–Kier alpha value is -3.89. The Morgan fingerprint density at radius 3 is 2.19 bits per heavy atom. The van der Waals surface area contributed by atoms with Crippen LogP contribution in [-0.2, 0) is 19.4 Å². The number of hydrogen-bond acceptors (Lipinski definition) is 7. The lowest BCUT2D eigenvalue weighted by Gasteiger charge is -2.23. The van der Waals surface area contributed by atoms with E-state index in [-0.39, 0.29) is 11.1 Å². The second-order valence-electron chi connectivity index (χ2n) is 7.65. The van der Waals surface area contributed by atoms with Crippen molar-refractivity contribution in [2.75, 3.05) is 18.4 Å². The number of para-hydroxylation sites is 2. The van der Waals surface area contributed by atoms with Crippen LogP contribution in [0, 0.1) is 0 Å². The van der Waals surface area contributed by atoms with Crippen LogP contribution < -0.4 is 10.4 Å². The molecule has 4 rings (SSSR count). The first-order valence-electron chi connectivity index (χ1n) is 10.8. The third kappa shape index (κ3) is 5.34. The zero-order valence-corrected chi connectivity index (χ0v) is 21.2. The van der Waals surface area contributed by atoms with E-state index in [9.17, 15) is 18.0 Å². The van der Waals surface area contributed by atoms with Crippen LogP contribution in [0.3, 0.4) is 0 Å². The fourth-order valence-corrected chi connectivity index (χ4v) is 5.22. The number of anilines is 1. The van der Waals surface area contributed by atoms with E-state index in [1.54, 1.807) is 66.7 Å². The van der Waals surface area contributed by atoms with Crippen molar-refractivity contribution in [1.29, 1.82) is 0 Å². The molecule has 0 aliphatic heterocycles. The second-order valence-corrected chi connectivity index (χ2v) is 11.9. The number of hydrazine groups is 1. The number of nitrogens with zero attached hydrogens (tertiary/aromatic N) is 2. The van der Waals surface area contributed by atoms with Crippen LogP contribution in [-0.4, -0.2) is 38.8 Å².